The zero-order chi connectivity index (χ0) is 22.8. The van der Waals surface area contributed by atoms with Gasteiger partial charge in [-0.2, -0.15) is 0 Å². The standard InChI is InChI=1S/C24H23N3O4S/c1-4-31-18-11-9-17(10-12-18)27-23(29)21(25(2)24(27)32)13-16-14-26(15-22(28)30-3)20-8-6-5-7-19(16)20/h5-14H,4,15H2,1-3H3/b21-13-. The highest BCUT2D eigenvalue weighted by Gasteiger charge is 2.37. The van der Waals surface area contributed by atoms with Crippen LogP contribution in [0.2, 0.25) is 0 Å². The Morgan fingerprint density at radius 2 is 1.84 bits per heavy atom. The Kier molecular flexibility index (Phi) is 5.96. The summed E-state index contributed by atoms with van der Waals surface area (Å²) in [5, 5.41) is 1.32. The second-order valence-electron chi connectivity index (χ2n) is 7.24. The summed E-state index contributed by atoms with van der Waals surface area (Å²) in [6, 6.07) is 15.0. The van der Waals surface area contributed by atoms with E-state index in [0.717, 1.165) is 22.2 Å². The molecular weight excluding hydrogens is 426 g/mol. The van der Waals surface area contributed by atoms with E-state index in [1.54, 1.807) is 18.0 Å². The van der Waals surface area contributed by atoms with E-state index in [1.165, 1.54) is 12.0 Å². The lowest BCUT2D eigenvalue weighted by molar-refractivity contribution is -0.141. The summed E-state index contributed by atoms with van der Waals surface area (Å²) in [5.41, 5.74) is 2.82. The predicted octanol–water partition coefficient (Wildman–Crippen LogP) is 3.82. The van der Waals surface area contributed by atoms with Gasteiger partial charge in [-0.25, -0.2) is 0 Å². The minimum atomic E-state index is -0.345. The van der Waals surface area contributed by atoms with Crippen LogP contribution in [0.5, 0.6) is 5.75 Å². The van der Waals surface area contributed by atoms with Gasteiger partial charge in [0.2, 0.25) is 0 Å². The van der Waals surface area contributed by atoms with Gasteiger partial charge in [-0.05, 0) is 55.5 Å². The molecular formula is C24H23N3O4S. The first-order valence-corrected chi connectivity index (χ1v) is 10.6. The third-order valence-electron chi connectivity index (χ3n) is 5.31. The zero-order valence-corrected chi connectivity index (χ0v) is 18.9. The highest BCUT2D eigenvalue weighted by molar-refractivity contribution is 7.80. The minimum absolute atomic E-state index is 0.0840. The third kappa shape index (κ3) is 3.85. The molecule has 1 aliphatic rings. The number of para-hydroxylation sites is 1. The Morgan fingerprint density at radius 1 is 1.12 bits per heavy atom. The van der Waals surface area contributed by atoms with Crippen LogP contribution in [0.4, 0.5) is 5.69 Å². The fraction of sp³-hybridized carbons (Fsp3) is 0.208. The minimum Gasteiger partial charge on any atom is -0.494 e. The molecule has 4 rings (SSSR count). The Balaban J connectivity index is 1.71. The van der Waals surface area contributed by atoms with Crippen LogP contribution in [0.15, 0.2) is 60.4 Å². The molecule has 164 valence electrons. The van der Waals surface area contributed by atoms with Crippen molar-refractivity contribution in [3.63, 3.8) is 0 Å². The number of likely N-dealkylation sites (N-methyl/N-ethyl adjacent to an activating group) is 1. The van der Waals surface area contributed by atoms with Crippen molar-refractivity contribution < 1.29 is 19.1 Å². The summed E-state index contributed by atoms with van der Waals surface area (Å²) in [4.78, 5) is 28.4. The number of rotatable bonds is 6. The smallest absolute Gasteiger partial charge is 0.325 e. The molecule has 1 aliphatic heterocycles. The highest BCUT2D eigenvalue weighted by atomic mass is 32.1. The van der Waals surface area contributed by atoms with Crippen molar-refractivity contribution >= 4 is 51.9 Å². The van der Waals surface area contributed by atoms with Gasteiger partial charge >= 0.3 is 5.97 Å². The van der Waals surface area contributed by atoms with Crippen LogP contribution >= 0.6 is 12.2 Å². The molecule has 2 aromatic carbocycles. The first kappa shape index (κ1) is 21.6. The number of carbonyl (C=O) groups is 2. The molecule has 0 aliphatic carbocycles. The maximum absolute atomic E-state index is 13.3. The molecule has 3 aromatic rings. The number of thiocarbonyl (C=S) groups is 1. The second-order valence-corrected chi connectivity index (χ2v) is 7.61. The Bertz CT molecular complexity index is 1230. The number of amides is 1. The summed E-state index contributed by atoms with van der Waals surface area (Å²) in [6.45, 7) is 2.57. The van der Waals surface area contributed by atoms with Gasteiger partial charge in [-0.1, -0.05) is 18.2 Å². The number of hydrogen-bond acceptors (Lipinski definition) is 5. The van der Waals surface area contributed by atoms with Gasteiger partial charge in [0.25, 0.3) is 5.91 Å². The Labute approximate surface area is 191 Å². The van der Waals surface area contributed by atoms with Gasteiger partial charge < -0.3 is 18.9 Å². The van der Waals surface area contributed by atoms with Crippen molar-refractivity contribution in [3.05, 3.63) is 66.0 Å². The molecule has 1 aromatic heterocycles. The number of anilines is 1. The molecule has 0 saturated carbocycles. The maximum Gasteiger partial charge on any atom is 0.325 e. The van der Waals surface area contributed by atoms with Crippen molar-refractivity contribution in [2.75, 3.05) is 25.7 Å². The molecule has 0 atom stereocenters. The number of methoxy groups -OCH3 is 1. The van der Waals surface area contributed by atoms with Crippen molar-refractivity contribution in [2.45, 2.75) is 13.5 Å². The molecule has 8 heteroatoms. The molecule has 7 nitrogen and oxygen atoms in total. The molecule has 1 saturated heterocycles. The SMILES string of the molecule is CCOc1ccc(N2C(=O)/C(=C/c3cn(CC(=O)OC)c4ccccc34)N(C)C2=S)cc1. The van der Waals surface area contributed by atoms with Crippen molar-refractivity contribution in [2.24, 2.45) is 0 Å². The van der Waals surface area contributed by atoms with E-state index in [9.17, 15) is 9.59 Å². The van der Waals surface area contributed by atoms with Crippen LogP contribution in [0.25, 0.3) is 17.0 Å². The van der Waals surface area contributed by atoms with E-state index >= 15 is 0 Å². The molecule has 0 N–H and O–H groups in total. The topological polar surface area (TPSA) is 64.0 Å². The number of hydrogen-bond donors (Lipinski definition) is 0. The summed E-state index contributed by atoms with van der Waals surface area (Å²) >= 11 is 5.57. The molecule has 1 fully saturated rings. The van der Waals surface area contributed by atoms with E-state index in [2.05, 4.69) is 0 Å². The lowest BCUT2D eigenvalue weighted by Crippen LogP contribution is -2.31. The lowest BCUT2D eigenvalue weighted by Gasteiger charge is -2.16. The van der Waals surface area contributed by atoms with Crippen LogP contribution in [0.1, 0.15) is 12.5 Å². The average molecular weight is 450 g/mol. The van der Waals surface area contributed by atoms with Crippen LogP contribution in [0.3, 0.4) is 0 Å². The summed E-state index contributed by atoms with van der Waals surface area (Å²) in [7, 11) is 3.13. The summed E-state index contributed by atoms with van der Waals surface area (Å²) in [6.07, 6.45) is 3.65. The van der Waals surface area contributed by atoms with E-state index in [1.807, 2.05) is 66.2 Å². The highest BCUT2D eigenvalue weighted by Crippen LogP contribution is 2.31. The number of carbonyl (C=O) groups excluding carboxylic acids is 2. The largest absolute Gasteiger partial charge is 0.494 e. The number of benzene rings is 2. The summed E-state index contributed by atoms with van der Waals surface area (Å²) < 4.78 is 12.1. The molecule has 1 amide bonds. The molecule has 0 radical (unpaired) electrons. The van der Waals surface area contributed by atoms with Crippen molar-refractivity contribution in [1.82, 2.24) is 9.47 Å². The third-order valence-corrected chi connectivity index (χ3v) is 5.76. The zero-order valence-electron chi connectivity index (χ0n) is 18.1. The number of aromatic nitrogens is 1. The molecule has 32 heavy (non-hydrogen) atoms. The number of ether oxygens (including phenoxy) is 2. The van der Waals surface area contributed by atoms with Crippen LogP contribution < -0.4 is 9.64 Å². The lowest BCUT2D eigenvalue weighted by atomic mass is 10.1. The number of esters is 1. The molecule has 2 heterocycles. The Hall–Kier alpha value is -3.65. The van der Waals surface area contributed by atoms with Gasteiger partial charge in [-0.15, -0.1) is 0 Å². The van der Waals surface area contributed by atoms with Gasteiger partial charge in [0.1, 0.15) is 18.0 Å². The van der Waals surface area contributed by atoms with Gasteiger partial charge in [0.05, 0.1) is 19.4 Å². The maximum atomic E-state index is 13.3. The van der Waals surface area contributed by atoms with E-state index in [4.69, 9.17) is 21.7 Å². The Morgan fingerprint density at radius 3 is 2.53 bits per heavy atom. The van der Waals surface area contributed by atoms with Gasteiger partial charge in [0, 0.05) is 29.7 Å². The first-order valence-electron chi connectivity index (χ1n) is 10.2. The van der Waals surface area contributed by atoms with Gasteiger partial charge in [-0.3, -0.25) is 14.5 Å². The molecule has 0 unspecified atom stereocenters. The van der Waals surface area contributed by atoms with E-state index < -0.39 is 0 Å². The summed E-state index contributed by atoms with van der Waals surface area (Å²) in [5.74, 6) is 0.171. The monoisotopic (exact) mass is 449 g/mol. The van der Waals surface area contributed by atoms with Crippen LogP contribution in [-0.4, -0.2) is 47.2 Å². The fourth-order valence-corrected chi connectivity index (χ4v) is 4.00. The average Bonchev–Trinajstić information content (AvgIpc) is 3.24. The van der Waals surface area contributed by atoms with Crippen LogP contribution in [0, 0.1) is 0 Å². The fourth-order valence-electron chi connectivity index (χ4n) is 3.71. The first-order chi connectivity index (χ1) is 15.4. The van der Waals surface area contributed by atoms with E-state index in [0.29, 0.717) is 23.1 Å². The second kappa shape index (κ2) is 8.84. The van der Waals surface area contributed by atoms with Crippen molar-refractivity contribution in [1.29, 1.82) is 0 Å². The number of nitrogens with zero attached hydrogens (tertiary/aromatic N) is 3. The van der Waals surface area contributed by atoms with E-state index in [-0.39, 0.29) is 18.4 Å². The number of fused-ring (bicyclic) bond motifs is 1. The van der Waals surface area contributed by atoms with Crippen LogP contribution in [-0.2, 0) is 20.9 Å². The molecule has 0 spiro atoms. The van der Waals surface area contributed by atoms with Gasteiger partial charge in [0.15, 0.2) is 5.11 Å². The normalized spacial score (nSPS) is 15.2. The quantitative estimate of drug-likeness (QED) is 0.324. The van der Waals surface area contributed by atoms with Crippen molar-refractivity contribution in [3.8, 4) is 5.75 Å². The molecule has 0 bridgehead atoms. The predicted molar refractivity (Wildman–Crippen MR) is 127 cm³/mol.